The number of hydrogen-bond donors (Lipinski definition) is 1. The monoisotopic (exact) mass is 364 g/mol. The average Bonchev–Trinajstić information content (AvgIpc) is 2.66. The fourth-order valence-electron chi connectivity index (χ4n) is 2.96. The normalized spacial score (nSPS) is 12.1. The molecule has 0 aliphatic carbocycles. The van der Waals surface area contributed by atoms with Crippen LogP contribution in [0.4, 0.5) is 0 Å². The highest BCUT2D eigenvalue weighted by atomic mass is 32.2. The van der Waals surface area contributed by atoms with Crippen LogP contribution in [0.25, 0.3) is 10.9 Å². The second kappa shape index (κ2) is 8.37. The predicted octanol–water partition coefficient (Wildman–Crippen LogP) is 4.86. The van der Waals surface area contributed by atoms with Crippen molar-refractivity contribution in [3.8, 4) is 0 Å². The summed E-state index contributed by atoms with van der Waals surface area (Å²) in [7, 11) is 0. The van der Waals surface area contributed by atoms with E-state index in [2.05, 4.69) is 62.5 Å². The lowest BCUT2D eigenvalue weighted by Crippen LogP contribution is -2.29. The van der Waals surface area contributed by atoms with E-state index in [1.54, 1.807) is 0 Å². The molecule has 0 fully saturated rings. The van der Waals surface area contributed by atoms with Gasteiger partial charge in [0.1, 0.15) is 0 Å². The summed E-state index contributed by atoms with van der Waals surface area (Å²) in [5.41, 5.74) is 4.62. The van der Waals surface area contributed by atoms with Gasteiger partial charge in [-0.15, -0.1) is 0 Å². The van der Waals surface area contributed by atoms with Crippen LogP contribution in [-0.2, 0) is 4.79 Å². The predicted molar refractivity (Wildman–Crippen MR) is 110 cm³/mol. The Kier molecular flexibility index (Phi) is 5.94. The molecule has 3 aromatic rings. The van der Waals surface area contributed by atoms with Crippen LogP contribution in [-0.4, -0.2) is 23.2 Å². The van der Waals surface area contributed by atoms with Crippen LogP contribution in [0.2, 0.25) is 0 Å². The van der Waals surface area contributed by atoms with Gasteiger partial charge in [-0.1, -0.05) is 67.2 Å². The third kappa shape index (κ3) is 4.44. The highest BCUT2D eigenvalue weighted by molar-refractivity contribution is 7.99. The molecule has 0 unspecified atom stereocenters. The first-order valence-corrected chi connectivity index (χ1v) is 9.84. The van der Waals surface area contributed by atoms with Crippen molar-refractivity contribution in [1.29, 1.82) is 0 Å². The Labute approximate surface area is 159 Å². The van der Waals surface area contributed by atoms with Crippen LogP contribution >= 0.6 is 11.8 Å². The zero-order valence-electron chi connectivity index (χ0n) is 15.5. The first-order chi connectivity index (χ1) is 12.5. The smallest absolute Gasteiger partial charge is 0.230 e. The van der Waals surface area contributed by atoms with Gasteiger partial charge < -0.3 is 5.32 Å². The van der Waals surface area contributed by atoms with Gasteiger partial charge in [0.25, 0.3) is 0 Å². The van der Waals surface area contributed by atoms with Crippen LogP contribution in [0.5, 0.6) is 0 Å². The van der Waals surface area contributed by atoms with Crippen molar-refractivity contribution < 1.29 is 4.79 Å². The molecular formula is C22H24N2OS. The van der Waals surface area contributed by atoms with Gasteiger partial charge >= 0.3 is 0 Å². The van der Waals surface area contributed by atoms with E-state index >= 15 is 0 Å². The lowest BCUT2D eigenvalue weighted by Gasteiger charge is -2.13. The van der Waals surface area contributed by atoms with E-state index in [1.165, 1.54) is 28.3 Å². The van der Waals surface area contributed by atoms with E-state index in [9.17, 15) is 4.79 Å². The van der Waals surface area contributed by atoms with Crippen molar-refractivity contribution in [2.75, 3.05) is 12.3 Å². The number of aromatic nitrogens is 1. The molecule has 0 aliphatic rings. The molecule has 4 heteroatoms. The Morgan fingerprint density at radius 1 is 1.08 bits per heavy atom. The van der Waals surface area contributed by atoms with Gasteiger partial charge in [-0.2, -0.15) is 0 Å². The van der Waals surface area contributed by atoms with Crippen molar-refractivity contribution in [1.82, 2.24) is 10.3 Å². The minimum Gasteiger partial charge on any atom is -0.355 e. The van der Waals surface area contributed by atoms with E-state index in [-0.39, 0.29) is 5.91 Å². The minimum absolute atomic E-state index is 0.0436. The number of thioether (sulfide) groups is 1. The summed E-state index contributed by atoms with van der Waals surface area (Å²) in [6.45, 7) is 6.93. The molecule has 1 aromatic heterocycles. The van der Waals surface area contributed by atoms with Crippen molar-refractivity contribution >= 4 is 28.6 Å². The molecule has 0 bridgehead atoms. The molecule has 0 aliphatic heterocycles. The Balaban J connectivity index is 1.58. The van der Waals surface area contributed by atoms with Gasteiger partial charge in [-0.25, -0.2) is 4.98 Å². The SMILES string of the molecule is Cc1cc(SCC(=O)NC[C@H](C)c2ccccc2)nc2c(C)cccc12. The lowest BCUT2D eigenvalue weighted by molar-refractivity contribution is -0.118. The number of amides is 1. The van der Waals surface area contributed by atoms with Gasteiger partial charge in [0, 0.05) is 11.9 Å². The molecule has 1 atom stereocenters. The zero-order chi connectivity index (χ0) is 18.5. The molecule has 2 aromatic carbocycles. The molecule has 1 heterocycles. The summed E-state index contributed by atoms with van der Waals surface area (Å²) in [6, 6.07) is 18.5. The fourth-order valence-corrected chi connectivity index (χ4v) is 3.76. The molecule has 3 nitrogen and oxygen atoms in total. The van der Waals surface area contributed by atoms with Crippen molar-refractivity contribution in [2.45, 2.75) is 31.7 Å². The summed E-state index contributed by atoms with van der Waals surface area (Å²) < 4.78 is 0. The molecule has 0 radical (unpaired) electrons. The maximum Gasteiger partial charge on any atom is 0.230 e. The molecule has 26 heavy (non-hydrogen) atoms. The summed E-state index contributed by atoms with van der Waals surface area (Å²) >= 11 is 1.49. The lowest BCUT2D eigenvalue weighted by atomic mass is 10.0. The van der Waals surface area contributed by atoms with Gasteiger partial charge in [0.15, 0.2) is 0 Å². The second-order valence-electron chi connectivity index (χ2n) is 6.65. The van der Waals surface area contributed by atoms with Crippen LogP contribution < -0.4 is 5.32 Å². The standard InChI is InChI=1S/C22H24N2OS/c1-15-8-7-11-19-16(2)12-21(24-22(15)19)26-14-20(25)23-13-17(3)18-9-5-4-6-10-18/h4-12,17H,13-14H2,1-3H3,(H,23,25)/t17-/m0/s1. The Morgan fingerprint density at radius 3 is 2.62 bits per heavy atom. The summed E-state index contributed by atoms with van der Waals surface area (Å²) in [5.74, 6) is 0.724. The second-order valence-corrected chi connectivity index (χ2v) is 7.65. The van der Waals surface area contributed by atoms with Crippen LogP contribution in [0, 0.1) is 13.8 Å². The van der Waals surface area contributed by atoms with E-state index < -0.39 is 0 Å². The number of nitrogens with one attached hydrogen (secondary N) is 1. The van der Waals surface area contributed by atoms with Gasteiger partial charge in [-0.05, 0) is 42.5 Å². The van der Waals surface area contributed by atoms with E-state index in [0.29, 0.717) is 18.2 Å². The number of fused-ring (bicyclic) bond motifs is 1. The summed E-state index contributed by atoms with van der Waals surface area (Å²) in [4.78, 5) is 16.9. The molecule has 0 saturated heterocycles. The maximum atomic E-state index is 12.2. The fraction of sp³-hybridized carbons (Fsp3) is 0.273. The number of carbonyl (C=O) groups excluding carboxylic acids is 1. The quantitative estimate of drug-likeness (QED) is 0.635. The van der Waals surface area contributed by atoms with E-state index in [0.717, 1.165) is 16.1 Å². The van der Waals surface area contributed by atoms with Crippen molar-refractivity contribution in [2.24, 2.45) is 0 Å². The molecule has 1 N–H and O–H groups in total. The third-order valence-electron chi connectivity index (χ3n) is 4.55. The number of aryl methyl sites for hydroxylation is 2. The van der Waals surface area contributed by atoms with Crippen LogP contribution in [0.1, 0.15) is 29.5 Å². The number of carbonyl (C=O) groups is 1. The third-order valence-corrected chi connectivity index (χ3v) is 5.46. The first-order valence-electron chi connectivity index (χ1n) is 8.86. The number of hydrogen-bond acceptors (Lipinski definition) is 3. The van der Waals surface area contributed by atoms with Crippen LogP contribution in [0.15, 0.2) is 59.6 Å². The maximum absolute atomic E-state index is 12.2. The van der Waals surface area contributed by atoms with Crippen LogP contribution in [0.3, 0.4) is 0 Å². The Bertz CT molecular complexity index is 909. The number of benzene rings is 2. The highest BCUT2D eigenvalue weighted by Gasteiger charge is 2.10. The van der Waals surface area contributed by atoms with Gasteiger partial charge in [-0.3, -0.25) is 4.79 Å². The van der Waals surface area contributed by atoms with Gasteiger partial charge in [0.05, 0.1) is 16.3 Å². The number of pyridine rings is 1. The Morgan fingerprint density at radius 2 is 1.85 bits per heavy atom. The molecule has 134 valence electrons. The molecular weight excluding hydrogens is 340 g/mol. The average molecular weight is 365 g/mol. The van der Waals surface area contributed by atoms with E-state index in [1.807, 2.05) is 18.2 Å². The molecule has 0 spiro atoms. The molecule has 1 amide bonds. The molecule has 3 rings (SSSR count). The largest absolute Gasteiger partial charge is 0.355 e. The van der Waals surface area contributed by atoms with E-state index in [4.69, 9.17) is 4.98 Å². The Hall–Kier alpha value is -2.33. The summed E-state index contributed by atoms with van der Waals surface area (Å²) in [5, 5.41) is 5.10. The minimum atomic E-state index is 0.0436. The summed E-state index contributed by atoms with van der Waals surface area (Å²) in [6.07, 6.45) is 0. The number of nitrogens with zero attached hydrogens (tertiary/aromatic N) is 1. The number of para-hydroxylation sites is 1. The topological polar surface area (TPSA) is 42.0 Å². The number of rotatable bonds is 6. The van der Waals surface area contributed by atoms with Crippen molar-refractivity contribution in [3.63, 3.8) is 0 Å². The first kappa shape index (κ1) is 18.5. The zero-order valence-corrected chi connectivity index (χ0v) is 16.3. The van der Waals surface area contributed by atoms with Gasteiger partial charge in [0.2, 0.25) is 5.91 Å². The van der Waals surface area contributed by atoms with Crippen molar-refractivity contribution in [3.05, 3.63) is 71.3 Å². The highest BCUT2D eigenvalue weighted by Crippen LogP contribution is 2.25. The molecule has 0 saturated carbocycles.